The first-order chi connectivity index (χ1) is 11.9. The van der Waals surface area contributed by atoms with E-state index in [0.717, 1.165) is 17.1 Å². The minimum absolute atomic E-state index is 0.760. The number of aryl methyl sites for hydroxylation is 5. The average Bonchev–Trinajstić information content (AvgIpc) is 2.51. The van der Waals surface area contributed by atoms with Crippen LogP contribution >= 0.6 is 0 Å². The van der Waals surface area contributed by atoms with Crippen molar-refractivity contribution in [2.75, 3.05) is 11.1 Å². The van der Waals surface area contributed by atoms with Crippen molar-refractivity contribution in [3.05, 3.63) is 76.3 Å². The molecule has 0 radical (unpaired) electrons. The fraction of sp³-hybridized carbons (Fsp3) is 0.217. The van der Waals surface area contributed by atoms with Gasteiger partial charge < -0.3 is 11.1 Å². The number of rotatable bonds is 3. The summed E-state index contributed by atoms with van der Waals surface area (Å²) < 4.78 is 0. The number of anilines is 3. The summed E-state index contributed by atoms with van der Waals surface area (Å²) in [5.41, 5.74) is 17.9. The molecule has 2 heteroatoms. The van der Waals surface area contributed by atoms with Crippen molar-refractivity contribution < 1.29 is 0 Å². The second kappa shape index (κ2) is 6.64. The molecule has 25 heavy (non-hydrogen) atoms. The van der Waals surface area contributed by atoms with E-state index in [1.807, 2.05) is 24.3 Å². The van der Waals surface area contributed by atoms with Crippen LogP contribution in [-0.2, 0) is 0 Å². The Morgan fingerprint density at radius 3 is 1.84 bits per heavy atom. The van der Waals surface area contributed by atoms with Crippen LogP contribution in [0.3, 0.4) is 0 Å². The molecule has 3 aromatic rings. The van der Waals surface area contributed by atoms with E-state index in [-0.39, 0.29) is 0 Å². The third kappa shape index (κ3) is 3.39. The lowest BCUT2D eigenvalue weighted by molar-refractivity contribution is 1.30. The van der Waals surface area contributed by atoms with Crippen molar-refractivity contribution >= 4 is 17.1 Å². The maximum Gasteiger partial charge on any atom is 0.0618 e. The van der Waals surface area contributed by atoms with Crippen LogP contribution in [0, 0.1) is 34.6 Å². The first-order valence-electron chi connectivity index (χ1n) is 8.68. The van der Waals surface area contributed by atoms with Gasteiger partial charge in [-0.15, -0.1) is 0 Å². The van der Waals surface area contributed by atoms with Gasteiger partial charge in [0.15, 0.2) is 0 Å². The van der Waals surface area contributed by atoms with E-state index < -0.39 is 0 Å². The summed E-state index contributed by atoms with van der Waals surface area (Å²) in [6.45, 7) is 10.8. The number of hydrogen-bond acceptors (Lipinski definition) is 2. The van der Waals surface area contributed by atoms with Gasteiger partial charge in [0.25, 0.3) is 0 Å². The summed E-state index contributed by atoms with van der Waals surface area (Å²) in [5, 5.41) is 3.50. The van der Waals surface area contributed by atoms with E-state index in [1.165, 1.54) is 38.9 Å². The Kier molecular flexibility index (Phi) is 4.54. The molecular weight excluding hydrogens is 304 g/mol. The predicted molar refractivity (Wildman–Crippen MR) is 110 cm³/mol. The van der Waals surface area contributed by atoms with Crippen LogP contribution in [0.5, 0.6) is 0 Å². The molecule has 0 unspecified atom stereocenters. The molecule has 0 aliphatic rings. The molecule has 0 bridgehead atoms. The molecule has 3 rings (SSSR count). The Morgan fingerprint density at radius 1 is 0.720 bits per heavy atom. The van der Waals surface area contributed by atoms with Gasteiger partial charge in [-0.05, 0) is 92.3 Å². The third-order valence-corrected chi connectivity index (χ3v) is 4.72. The molecular formula is C23H26N2. The SMILES string of the molecule is Cc1cc(C)c(-c2cc(C)c(Nc3ccccc3N)c(C)c2)c(C)c1. The molecule has 3 N–H and O–H groups in total. The van der Waals surface area contributed by atoms with Crippen LogP contribution in [0.2, 0.25) is 0 Å². The summed E-state index contributed by atoms with van der Waals surface area (Å²) in [4.78, 5) is 0. The van der Waals surface area contributed by atoms with Crippen LogP contribution in [0.4, 0.5) is 17.1 Å². The Hall–Kier alpha value is -2.74. The zero-order valence-electron chi connectivity index (χ0n) is 15.7. The third-order valence-electron chi connectivity index (χ3n) is 4.72. The minimum Gasteiger partial charge on any atom is -0.397 e. The molecule has 0 aliphatic carbocycles. The standard InChI is InChI=1S/C23H26N2/c1-14-10-15(2)22(16(3)11-14)19-12-17(4)23(18(5)13-19)25-21-9-7-6-8-20(21)24/h6-13,25H,24H2,1-5H3. The van der Waals surface area contributed by atoms with E-state index in [2.05, 4.69) is 64.2 Å². The van der Waals surface area contributed by atoms with Crippen molar-refractivity contribution in [1.82, 2.24) is 0 Å². The Labute approximate surface area is 150 Å². The van der Waals surface area contributed by atoms with Gasteiger partial charge in [-0.25, -0.2) is 0 Å². The molecule has 3 aromatic carbocycles. The zero-order chi connectivity index (χ0) is 18.1. The summed E-state index contributed by atoms with van der Waals surface area (Å²) in [7, 11) is 0. The highest BCUT2D eigenvalue weighted by Crippen LogP contribution is 2.35. The lowest BCUT2D eigenvalue weighted by Crippen LogP contribution is -2.00. The van der Waals surface area contributed by atoms with E-state index in [1.54, 1.807) is 0 Å². The lowest BCUT2D eigenvalue weighted by atomic mass is 9.91. The quantitative estimate of drug-likeness (QED) is 0.559. The highest BCUT2D eigenvalue weighted by Gasteiger charge is 2.12. The van der Waals surface area contributed by atoms with Crippen LogP contribution < -0.4 is 11.1 Å². The van der Waals surface area contributed by atoms with Gasteiger partial charge in [0.05, 0.1) is 11.4 Å². The first kappa shape index (κ1) is 17.1. The van der Waals surface area contributed by atoms with E-state index in [4.69, 9.17) is 5.73 Å². The fourth-order valence-electron chi connectivity index (χ4n) is 3.69. The topological polar surface area (TPSA) is 38.0 Å². The van der Waals surface area contributed by atoms with Gasteiger partial charge in [0.2, 0.25) is 0 Å². The van der Waals surface area contributed by atoms with Crippen molar-refractivity contribution in [2.45, 2.75) is 34.6 Å². The highest BCUT2D eigenvalue weighted by molar-refractivity contribution is 5.80. The normalized spacial score (nSPS) is 10.8. The van der Waals surface area contributed by atoms with Crippen LogP contribution in [0.25, 0.3) is 11.1 Å². The number of nitrogen functional groups attached to an aromatic ring is 1. The largest absolute Gasteiger partial charge is 0.397 e. The lowest BCUT2D eigenvalue weighted by Gasteiger charge is -2.18. The molecule has 0 saturated heterocycles. The first-order valence-corrected chi connectivity index (χ1v) is 8.68. The summed E-state index contributed by atoms with van der Waals surface area (Å²) >= 11 is 0. The summed E-state index contributed by atoms with van der Waals surface area (Å²) in [6, 6.07) is 16.9. The average molecular weight is 330 g/mol. The van der Waals surface area contributed by atoms with Crippen molar-refractivity contribution in [2.24, 2.45) is 0 Å². The Morgan fingerprint density at radius 2 is 1.28 bits per heavy atom. The molecule has 0 atom stereocenters. The van der Waals surface area contributed by atoms with Crippen molar-refractivity contribution in [1.29, 1.82) is 0 Å². The zero-order valence-corrected chi connectivity index (χ0v) is 15.7. The van der Waals surface area contributed by atoms with Gasteiger partial charge in [-0.2, -0.15) is 0 Å². The van der Waals surface area contributed by atoms with Gasteiger partial charge in [0.1, 0.15) is 0 Å². The maximum absolute atomic E-state index is 6.08. The molecule has 0 spiro atoms. The second-order valence-electron chi connectivity index (χ2n) is 6.97. The van der Waals surface area contributed by atoms with Gasteiger partial charge in [0, 0.05) is 5.69 Å². The maximum atomic E-state index is 6.08. The number of benzene rings is 3. The van der Waals surface area contributed by atoms with Gasteiger partial charge in [-0.1, -0.05) is 29.8 Å². The molecule has 0 amide bonds. The number of nitrogens with two attached hydrogens (primary N) is 1. The molecule has 2 nitrogen and oxygen atoms in total. The molecule has 0 heterocycles. The minimum atomic E-state index is 0.760. The van der Waals surface area contributed by atoms with Crippen LogP contribution in [0.1, 0.15) is 27.8 Å². The summed E-state index contributed by atoms with van der Waals surface area (Å²) in [5.74, 6) is 0. The molecule has 0 aliphatic heterocycles. The van der Waals surface area contributed by atoms with Crippen LogP contribution in [-0.4, -0.2) is 0 Å². The van der Waals surface area contributed by atoms with Crippen molar-refractivity contribution in [3.63, 3.8) is 0 Å². The number of para-hydroxylation sites is 2. The Balaban J connectivity index is 2.06. The van der Waals surface area contributed by atoms with Crippen molar-refractivity contribution in [3.8, 4) is 11.1 Å². The second-order valence-corrected chi connectivity index (χ2v) is 6.97. The van der Waals surface area contributed by atoms with E-state index >= 15 is 0 Å². The fourth-order valence-corrected chi connectivity index (χ4v) is 3.69. The van der Waals surface area contributed by atoms with E-state index in [9.17, 15) is 0 Å². The Bertz CT molecular complexity index is 893. The monoisotopic (exact) mass is 330 g/mol. The molecule has 0 aromatic heterocycles. The molecule has 0 fully saturated rings. The molecule has 128 valence electrons. The summed E-state index contributed by atoms with van der Waals surface area (Å²) in [6.07, 6.45) is 0. The van der Waals surface area contributed by atoms with E-state index in [0.29, 0.717) is 0 Å². The van der Waals surface area contributed by atoms with Crippen LogP contribution in [0.15, 0.2) is 48.5 Å². The number of nitrogens with one attached hydrogen (secondary N) is 1. The van der Waals surface area contributed by atoms with Gasteiger partial charge >= 0.3 is 0 Å². The highest BCUT2D eigenvalue weighted by atomic mass is 14.9. The smallest absolute Gasteiger partial charge is 0.0618 e. The number of hydrogen-bond donors (Lipinski definition) is 2. The van der Waals surface area contributed by atoms with Gasteiger partial charge in [-0.3, -0.25) is 0 Å². The predicted octanol–water partition coefficient (Wildman–Crippen LogP) is 6.22. The molecule has 0 saturated carbocycles.